The second kappa shape index (κ2) is 4.11. The highest BCUT2D eigenvalue weighted by atomic mass is 16.7. The van der Waals surface area contributed by atoms with Gasteiger partial charge in [-0.15, -0.1) is 0 Å². The fraction of sp³-hybridized carbons (Fsp3) is 0.375. The predicted octanol–water partition coefficient (Wildman–Crippen LogP) is 2.14. The monoisotopic (exact) mass is 270 g/mol. The lowest BCUT2D eigenvalue weighted by atomic mass is 9.75. The van der Waals surface area contributed by atoms with Crippen molar-refractivity contribution < 1.29 is 19.1 Å². The first-order valence-corrected chi connectivity index (χ1v) is 6.88. The molecule has 3 atom stereocenters. The highest BCUT2D eigenvalue weighted by Crippen LogP contribution is 2.42. The van der Waals surface area contributed by atoms with E-state index in [1.807, 2.05) is 6.92 Å². The molecule has 2 aliphatic heterocycles. The van der Waals surface area contributed by atoms with Gasteiger partial charge in [0.05, 0.1) is 12.7 Å². The van der Waals surface area contributed by atoms with Gasteiger partial charge < -0.3 is 9.47 Å². The van der Waals surface area contributed by atoms with Crippen LogP contribution >= 0.6 is 0 Å². The van der Waals surface area contributed by atoms with E-state index in [0.717, 1.165) is 6.42 Å². The van der Waals surface area contributed by atoms with Crippen molar-refractivity contribution in [3.05, 3.63) is 46.5 Å². The topological polar surface area (TPSA) is 52.6 Å². The van der Waals surface area contributed by atoms with E-state index in [9.17, 15) is 9.59 Å². The molecular weight excluding hydrogens is 256 g/mol. The SMILES string of the molecule is C[C@@H]1O[C@@H]2OCC[C@@H]2C2=C1C(=O)c1ccccc1C2=O. The molecule has 4 heteroatoms. The van der Waals surface area contributed by atoms with E-state index >= 15 is 0 Å². The van der Waals surface area contributed by atoms with Crippen LogP contribution in [0.1, 0.15) is 34.1 Å². The van der Waals surface area contributed by atoms with E-state index in [2.05, 4.69) is 0 Å². The summed E-state index contributed by atoms with van der Waals surface area (Å²) in [5.41, 5.74) is 2.15. The van der Waals surface area contributed by atoms with Gasteiger partial charge in [0.1, 0.15) is 0 Å². The van der Waals surface area contributed by atoms with E-state index in [1.54, 1.807) is 24.3 Å². The summed E-state index contributed by atoms with van der Waals surface area (Å²) < 4.78 is 11.3. The third-order valence-electron chi connectivity index (χ3n) is 4.35. The Bertz CT molecular complexity index is 658. The van der Waals surface area contributed by atoms with Crippen molar-refractivity contribution in [3.8, 4) is 0 Å². The van der Waals surface area contributed by atoms with Gasteiger partial charge in [-0.1, -0.05) is 24.3 Å². The first-order chi connectivity index (χ1) is 9.68. The molecular formula is C16H14O4. The van der Waals surface area contributed by atoms with E-state index in [1.165, 1.54) is 0 Å². The summed E-state index contributed by atoms with van der Waals surface area (Å²) in [6.07, 6.45) is -0.0443. The number of rotatable bonds is 0. The molecule has 1 fully saturated rings. The third kappa shape index (κ3) is 1.43. The molecule has 2 heterocycles. The predicted molar refractivity (Wildman–Crippen MR) is 70.5 cm³/mol. The van der Waals surface area contributed by atoms with Crippen LogP contribution in [0.3, 0.4) is 0 Å². The quantitative estimate of drug-likeness (QED) is 0.724. The van der Waals surface area contributed by atoms with Gasteiger partial charge in [-0.25, -0.2) is 0 Å². The molecule has 0 radical (unpaired) electrons. The largest absolute Gasteiger partial charge is 0.352 e. The molecule has 0 aromatic heterocycles. The summed E-state index contributed by atoms with van der Waals surface area (Å²) in [6, 6.07) is 7.01. The van der Waals surface area contributed by atoms with Crippen LogP contribution < -0.4 is 0 Å². The van der Waals surface area contributed by atoms with Gasteiger partial charge in [-0.2, -0.15) is 0 Å². The molecule has 0 N–H and O–H groups in total. The second-order valence-corrected chi connectivity index (χ2v) is 5.44. The Morgan fingerprint density at radius 3 is 2.40 bits per heavy atom. The standard InChI is InChI=1S/C16H14O4/c1-8-12-13(11-6-7-19-16(11)20-8)15(18)10-5-3-2-4-9(10)14(12)17/h2-5,8,11,16H,6-7H2,1H3/t8-,11+,16-/m0/s1. The first-order valence-electron chi connectivity index (χ1n) is 6.88. The number of carbonyl (C=O) groups excluding carboxylic acids is 2. The van der Waals surface area contributed by atoms with Crippen molar-refractivity contribution in [1.82, 2.24) is 0 Å². The number of ketones is 2. The van der Waals surface area contributed by atoms with Crippen LogP contribution in [0.25, 0.3) is 0 Å². The number of ether oxygens (including phenoxy) is 2. The van der Waals surface area contributed by atoms with Gasteiger partial charge in [0, 0.05) is 28.2 Å². The molecule has 20 heavy (non-hydrogen) atoms. The second-order valence-electron chi connectivity index (χ2n) is 5.44. The van der Waals surface area contributed by atoms with Crippen molar-refractivity contribution >= 4 is 11.6 Å². The van der Waals surface area contributed by atoms with Crippen molar-refractivity contribution in [3.63, 3.8) is 0 Å². The zero-order chi connectivity index (χ0) is 13.9. The maximum absolute atomic E-state index is 12.8. The molecule has 102 valence electrons. The van der Waals surface area contributed by atoms with E-state index in [-0.39, 0.29) is 23.8 Å². The minimum absolute atomic E-state index is 0.0362. The molecule has 0 amide bonds. The molecule has 4 rings (SSSR count). The Kier molecular flexibility index (Phi) is 2.46. The van der Waals surface area contributed by atoms with Gasteiger partial charge in [0.15, 0.2) is 17.9 Å². The summed E-state index contributed by atoms with van der Waals surface area (Å²) in [7, 11) is 0. The van der Waals surface area contributed by atoms with Crippen LogP contribution in [0, 0.1) is 5.92 Å². The van der Waals surface area contributed by atoms with E-state index < -0.39 is 6.10 Å². The minimum Gasteiger partial charge on any atom is -0.352 e. The number of hydrogen-bond acceptors (Lipinski definition) is 4. The lowest BCUT2D eigenvalue weighted by Crippen LogP contribution is -2.41. The van der Waals surface area contributed by atoms with Crippen molar-refractivity contribution in [2.45, 2.75) is 25.7 Å². The third-order valence-corrected chi connectivity index (χ3v) is 4.35. The Labute approximate surface area is 116 Å². The first kappa shape index (κ1) is 12.0. The van der Waals surface area contributed by atoms with Crippen LogP contribution in [0.5, 0.6) is 0 Å². The average molecular weight is 270 g/mol. The van der Waals surface area contributed by atoms with Crippen LogP contribution in [0.4, 0.5) is 0 Å². The number of Topliss-reactive ketones (excluding diaryl/α,β-unsaturated/α-hetero) is 2. The number of benzene rings is 1. The van der Waals surface area contributed by atoms with E-state index in [0.29, 0.717) is 28.9 Å². The van der Waals surface area contributed by atoms with Gasteiger partial charge in [0.25, 0.3) is 0 Å². The molecule has 1 saturated heterocycles. The highest BCUT2D eigenvalue weighted by Gasteiger charge is 2.47. The van der Waals surface area contributed by atoms with E-state index in [4.69, 9.17) is 9.47 Å². The van der Waals surface area contributed by atoms with Crippen molar-refractivity contribution in [2.75, 3.05) is 6.61 Å². The number of fused-ring (bicyclic) bond motifs is 3. The minimum atomic E-state index is -0.394. The summed E-state index contributed by atoms with van der Waals surface area (Å²) in [5, 5.41) is 0. The van der Waals surface area contributed by atoms with Gasteiger partial charge >= 0.3 is 0 Å². The maximum Gasteiger partial charge on any atom is 0.192 e. The van der Waals surface area contributed by atoms with Crippen molar-refractivity contribution in [1.29, 1.82) is 0 Å². The highest BCUT2D eigenvalue weighted by molar-refractivity contribution is 6.27. The Hall–Kier alpha value is -1.78. The molecule has 0 unspecified atom stereocenters. The molecule has 1 aromatic carbocycles. The van der Waals surface area contributed by atoms with Gasteiger partial charge in [-0.3, -0.25) is 9.59 Å². The summed E-state index contributed by atoms with van der Waals surface area (Å²) >= 11 is 0. The van der Waals surface area contributed by atoms with Crippen LogP contribution in [0.15, 0.2) is 35.4 Å². The summed E-state index contributed by atoms with van der Waals surface area (Å²) in [6.45, 7) is 2.38. The van der Waals surface area contributed by atoms with Crippen LogP contribution in [-0.2, 0) is 9.47 Å². The molecule has 0 spiro atoms. The van der Waals surface area contributed by atoms with Gasteiger partial charge in [0.2, 0.25) is 0 Å². The Morgan fingerprint density at radius 1 is 1.05 bits per heavy atom. The van der Waals surface area contributed by atoms with Crippen molar-refractivity contribution in [2.24, 2.45) is 5.92 Å². The maximum atomic E-state index is 12.8. The van der Waals surface area contributed by atoms with Crippen LogP contribution in [0.2, 0.25) is 0 Å². The molecule has 3 aliphatic rings. The zero-order valence-electron chi connectivity index (χ0n) is 11.1. The molecule has 0 saturated carbocycles. The van der Waals surface area contributed by atoms with Gasteiger partial charge in [-0.05, 0) is 13.3 Å². The smallest absolute Gasteiger partial charge is 0.192 e. The molecule has 0 bridgehead atoms. The number of hydrogen-bond donors (Lipinski definition) is 0. The normalized spacial score (nSPS) is 31.9. The molecule has 4 nitrogen and oxygen atoms in total. The van der Waals surface area contributed by atoms with Crippen LogP contribution in [-0.4, -0.2) is 30.6 Å². The molecule has 1 aromatic rings. The lowest BCUT2D eigenvalue weighted by molar-refractivity contribution is -0.149. The summed E-state index contributed by atoms with van der Waals surface area (Å²) in [5.74, 6) is -0.218. The summed E-state index contributed by atoms with van der Waals surface area (Å²) in [4.78, 5) is 25.4. The fourth-order valence-electron chi connectivity index (χ4n) is 3.43. The molecule has 1 aliphatic carbocycles. The lowest BCUT2D eigenvalue weighted by Gasteiger charge is -2.35. The fourth-order valence-corrected chi connectivity index (χ4v) is 3.43. The number of carbonyl (C=O) groups is 2. The zero-order valence-corrected chi connectivity index (χ0v) is 11.1. The Balaban J connectivity index is 1.94. The Morgan fingerprint density at radius 2 is 1.70 bits per heavy atom. The average Bonchev–Trinajstić information content (AvgIpc) is 2.91.